The van der Waals surface area contributed by atoms with Gasteiger partial charge in [-0.05, 0) is 20.8 Å². The zero-order valence-electron chi connectivity index (χ0n) is 12.0. The highest BCUT2D eigenvalue weighted by Gasteiger charge is 2.59. The molecule has 0 saturated heterocycles. The van der Waals surface area contributed by atoms with Gasteiger partial charge in [-0.1, -0.05) is 47.0 Å². The minimum Gasteiger partial charge on any atom is -0.322 e. The lowest BCUT2D eigenvalue weighted by atomic mass is 9.70. The van der Waals surface area contributed by atoms with Crippen LogP contribution in [0.1, 0.15) is 20.8 Å². The first-order valence-corrected chi connectivity index (χ1v) is 9.93. The Morgan fingerprint density at radius 1 is 0.762 bits per heavy atom. The highest BCUT2D eigenvalue weighted by atomic mass is 32.2. The van der Waals surface area contributed by atoms with Crippen LogP contribution in [0, 0.1) is 0 Å². The zero-order chi connectivity index (χ0) is 15.4. The first-order chi connectivity index (χ1) is 9.58. The molecule has 4 nitrogen and oxygen atoms in total. The van der Waals surface area contributed by atoms with E-state index >= 15 is 0 Å². The second kappa shape index (κ2) is 4.10. The average molecular weight is 359 g/mol. The molecule has 0 aromatic carbocycles. The predicted octanol–water partition coefficient (Wildman–Crippen LogP) is 2.00. The molecule has 0 saturated carbocycles. The first-order valence-electron chi connectivity index (χ1n) is 6.66. The summed E-state index contributed by atoms with van der Waals surface area (Å²) in [5.74, 6) is 0. The fraction of sp³-hybridized carbons (Fsp3) is 0.538. The maximum Gasteiger partial charge on any atom is 0.0701 e. The molecule has 0 aromatic heterocycles. The minimum atomic E-state index is -0.436. The Bertz CT molecular complexity index is 644. The lowest BCUT2D eigenvalue weighted by Gasteiger charge is -2.50. The van der Waals surface area contributed by atoms with Gasteiger partial charge in [-0.2, -0.15) is 0 Å². The molecule has 0 radical (unpaired) electrons. The molecule has 0 aromatic rings. The standard InChI is InChI=1S/C13H18N4S4/c1-11(15)5(14)4-6(11)19-9(18-4)10-20-7-8(21-10)13(3,17)12(7,2)16/h5H,14-17H2,1-3H3. The number of hydrogen-bond acceptors (Lipinski definition) is 8. The summed E-state index contributed by atoms with van der Waals surface area (Å²) in [6.07, 6.45) is 0. The summed E-state index contributed by atoms with van der Waals surface area (Å²) in [6, 6.07) is -0.0453. The molecule has 4 atom stereocenters. The summed E-state index contributed by atoms with van der Waals surface area (Å²) in [6.45, 7) is 6.04. The van der Waals surface area contributed by atoms with E-state index in [9.17, 15) is 0 Å². The Hall–Kier alpha value is 0.460. The molecular formula is C13H18N4S4. The van der Waals surface area contributed by atoms with Crippen LogP contribution in [0.15, 0.2) is 28.1 Å². The first kappa shape index (κ1) is 15.0. The second-order valence-electron chi connectivity index (χ2n) is 6.50. The maximum absolute atomic E-state index is 6.37. The van der Waals surface area contributed by atoms with Crippen LogP contribution < -0.4 is 22.9 Å². The highest BCUT2D eigenvalue weighted by Crippen LogP contribution is 2.70. The van der Waals surface area contributed by atoms with Crippen molar-refractivity contribution in [2.75, 3.05) is 0 Å². The molecule has 0 bridgehead atoms. The van der Waals surface area contributed by atoms with Crippen LogP contribution in [0.3, 0.4) is 0 Å². The van der Waals surface area contributed by atoms with Crippen LogP contribution in [0.25, 0.3) is 0 Å². The van der Waals surface area contributed by atoms with E-state index in [1.807, 2.05) is 20.8 Å². The number of thioether (sulfide) groups is 4. The smallest absolute Gasteiger partial charge is 0.0701 e. The molecule has 114 valence electrons. The van der Waals surface area contributed by atoms with Crippen LogP contribution in [0.4, 0.5) is 0 Å². The molecule has 4 aliphatic rings. The van der Waals surface area contributed by atoms with Gasteiger partial charge in [-0.3, -0.25) is 0 Å². The van der Waals surface area contributed by atoms with E-state index in [0.717, 1.165) is 0 Å². The van der Waals surface area contributed by atoms with Gasteiger partial charge in [0.2, 0.25) is 0 Å². The third-order valence-electron chi connectivity index (χ3n) is 4.82. The average Bonchev–Trinajstić information content (AvgIpc) is 3.00. The Kier molecular flexibility index (Phi) is 2.93. The van der Waals surface area contributed by atoms with E-state index in [2.05, 4.69) is 0 Å². The van der Waals surface area contributed by atoms with Crippen LogP contribution in [-0.4, -0.2) is 22.7 Å². The molecule has 4 rings (SSSR count). The van der Waals surface area contributed by atoms with Crippen LogP contribution in [0.2, 0.25) is 0 Å². The van der Waals surface area contributed by atoms with Gasteiger partial charge in [-0.15, -0.1) is 0 Å². The van der Waals surface area contributed by atoms with Gasteiger partial charge in [0.1, 0.15) is 0 Å². The van der Waals surface area contributed by atoms with Gasteiger partial charge in [0.25, 0.3) is 0 Å². The third kappa shape index (κ3) is 1.63. The Balaban J connectivity index is 1.61. The van der Waals surface area contributed by atoms with Gasteiger partial charge >= 0.3 is 0 Å². The summed E-state index contributed by atoms with van der Waals surface area (Å²) in [4.78, 5) is 4.89. The Morgan fingerprint density at radius 3 is 1.67 bits per heavy atom. The van der Waals surface area contributed by atoms with Gasteiger partial charge in [0, 0.05) is 19.6 Å². The van der Waals surface area contributed by atoms with Gasteiger partial charge < -0.3 is 22.9 Å². The number of nitrogens with two attached hydrogens (primary N) is 4. The second-order valence-corrected chi connectivity index (χ2v) is 11.1. The van der Waals surface area contributed by atoms with Crippen molar-refractivity contribution in [2.24, 2.45) is 22.9 Å². The molecule has 21 heavy (non-hydrogen) atoms. The summed E-state index contributed by atoms with van der Waals surface area (Å²) in [7, 11) is 0. The fourth-order valence-corrected chi connectivity index (χ4v) is 9.44. The largest absolute Gasteiger partial charge is 0.322 e. The molecule has 2 heterocycles. The summed E-state index contributed by atoms with van der Waals surface area (Å²) >= 11 is 7.07. The van der Waals surface area contributed by atoms with Crippen LogP contribution in [-0.2, 0) is 0 Å². The minimum absolute atomic E-state index is 0.0453. The molecule has 2 aliphatic carbocycles. The summed E-state index contributed by atoms with van der Waals surface area (Å²) < 4.78 is 2.55. The van der Waals surface area contributed by atoms with E-state index < -0.39 is 11.1 Å². The molecular weight excluding hydrogens is 340 g/mol. The molecule has 0 spiro atoms. The highest BCUT2D eigenvalue weighted by molar-refractivity contribution is 8.34. The number of hydrogen-bond donors (Lipinski definition) is 4. The SMILES string of the molecule is CC1(N)C2=C(SC(=C3SC4=C(S3)C(C)(N)C4(C)N)S2)C1N. The summed E-state index contributed by atoms with van der Waals surface area (Å²) in [5.41, 5.74) is 23.9. The monoisotopic (exact) mass is 358 g/mol. The topological polar surface area (TPSA) is 104 Å². The quantitative estimate of drug-likeness (QED) is 0.521. The van der Waals surface area contributed by atoms with Gasteiger partial charge in [0.05, 0.1) is 31.1 Å². The molecule has 8 N–H and O–H groups in total. The molecule has 8 heteroatoms. The lowest BCUT2D eigenvalue weighted by Crippen LogP contribution is -2.69. The van der Waals surface area contributed by atoms with Gasteiger partial charge in [0.15, 0.2) is 0 Å². The fourth-order valence-electron chi connectivity index (χ4n) is 2.78. The number of rotatable bonds is 0. The van der Waals surface area contributed by atoms with E-state index in [4.69, 9.17) is 22.9 Å². The van der Waals surface area contributed by atoms with E-state index in [-0.39, 0.29) is 11.6 Å². The summed E-state index contributed by atoms with van der Waals surface area (Å²) in [5, 5.41) is 0. The van der Waals surface area contributed by atoms with Crippen molar-refractivity contribution < 1.29 is 0 Å². The lowest BCUT2D eigenvalue weighted by molar-refractivity contribution is 0.329. The van der Waals surface area contributed by atoms with Crippen LogP contribution >= 0.6 is 47.0 Å². The van der Waals surface area contributed by atoms with Crippen LogP contribution in [0.5, 0.6) is 0 Å². The zero-order valence-corrected chi connectivity index (χ0v) is 15.3. The molecule has 2 aliphatic heterocycles. The van der Waals surface area contributed by atoms with Crippen molar-refractivity contribution in [3.05, 3.63) is 28.1 Å². The van der Waals surface area contributed by atoms with Crippen molar-refractivity contribution in [3.63, 3.8) is 0 Å². The van der Waals surface area contributed by atoms with E-state index in [1.54, 1.807) is 47.0 Å². The van der Waals surface area contributed by atoms with E-state index in [0.29, 0.717) is 0 Å². The maximum atomic E-state index is 6.37. The van der Waals surface area contributed by atoms with Crippen molar-refractivity contribution in [1.29, 1.82) is 0 Å². The normalized spacial score (nSPS) is 48.4. The molecule has 4 unspecified atom stereocenters. The predicted molar refractivity (Wildman–Crippen MR) is 97.2 cm³/mol. The third-order valence-corrected chi connectivity index (χ3v) is 11.4. The van der Waals surface area contributed by atoms with Crippen molar-refractivity contribution in [3.8, 4) is 0 Å². The Labute approximate surface area is 141 Å². The molecule has 0 fully saturated rings. The van der Waals surface area contributed by atoms with E-state index in [1.165, 1.54) is 28.1 Å². The van der Waals surface area contributed by atoms with Crippen molar-refractivity contribution >= 4 is 47.0 Å². The van der Waals surface area contributed by atoms with Crippen molar-refractivity contribution in [2.45, 2.75) is 43.4 Å². The van der Waals surface area contributed by atoms with Crippen molar-refractivity contribution in [1.82, 2.24) is 0 Å². The Morgan fingerprint density at radius 2 is 1.19 bits per heavy atom. The van der Waals surface area contributed by atoms with Gasteiger partial charge in [-0.25, -0.2) is 0 Å². The molecule has 0 amide bonds.